The molecule has 0 saturated heterocycles. The molecule has 4 aromatic rings. The molecule has 0 aliphatic carbocycles. The predicted octanol–water partition coefficient (Wildman–Crippen LogP) is 4.36. The van der Waals surface area contributed by atoms with E-state index >= 15 is 0 Å². The predicted molar refractivity (Wildman–Crippen MR) is 136 cm³/mol. The van der Waals surface area contributed by atoms with Gasteiger partial charge >= 0.3 is 0 Å². The van der Waals surface area contributed by atoms with Crippen LogP contribution in [-0.4, -0.2) is 37.8 Å². The van der Waals surface area contributed by atoms with Gasteiger partial charge in [0.05, 0.1) is 5.69 Å². The first-order valence-electron chi connectivity index (χ1n) is 11.7. The first kappa shape index (κ1) is 23.9. The molecule has 0 fully saturated rings. The van der Waals surface area contributed by atoms with E-state index < -0.39 is 6.04 Å². The first-order chi connectivity index (χ1) is 16.9. The zero-order chi connectivity index (χ0) is 24.9. The number of nitrogens with zero attached hydrogens (tertiary/aromatic N) is 3. The maximum Gasteiger partial charge on any atom is 0.270 e. The molecule has 2 aromatic carbocycles. The number of nitrogens with one attached hydrogen (secondary N) is 3. The lowest BCUT2D eigenvalue weighted by atomic mass is 9.88. The number of aromatic nitrogens is 4. The molecular formula is C27H30N6O2. The van der Waals surface area contributed by atoms with Crippen LogP contribution in [0.4, 0.5) is 5.69 Å². The van der Waals surface area contributed by atoms with Crippen molar-refractivity contribution in [3.63, 3.8) is 0 Å². The van der Waals surface area contributed by atoms with Gasteiger partial charge in [0.1, 0.15) is 11.7 Å². The number of aromatic amines is 1. The highest BCUT2D eigenvalue weighted by molar-refractivity contribution is 6.01. The summed E-state index contributed by atoms with van der Waals surface area (Å²) in [7, 11) is 1.70. The SMILES string of the molecule is CC[C@@H](c1ccccc1)C(NC(=O)c1ccnn1C)C(=O)Nc1ccc(-c2c(C)n[nH]c2C)cc1. The molecule has 8 heteroatoms. The molecule has 8 nitrogen and oxygen atoms in total. The molecule has 0 aliphatic rings. The minimum absolute atomic E-state index is 0.205. The van der Waals surface area contributed by atoms with Crippen molar-refractivity contribution >= 4 is 17.5 Å². The molecule has 0 aliphatic heterocycles. The lowest BCUT2D eigenvalue weighted by molar-refractivity contribution is -0.118. The van der Waals surface area contributed by atoms with Gasteiger partial charge in [-0.1, -0.05) is 49.4 Å². The Morgan fingerprint density at radius 1 is 1.03 bits per heavy atom. The Morgan fingerprint density at radius 2 is 1.74 bits per heavy atom. The van der Waals surface area contributed by atoms with Gasteiger partial charge in [-0.05, 0) is 49.6 Å². The smallest absolute Gasteiger partial charge is 0.270 e. The highest BCUT2D eigenvalue weighted by Gasteiger charge is 2.31. The van der Waals surface area contributed by atoms with Crippen LogP contribution in [0.2, 0.25) is 0 Å². The maximum absolute atomic E-state index is 13.5. The van der Waals surface area contributed by atoms with Crippen LogP contribution in [0.25, 0.3) is 11.1 Å². The number of benzene rings is 2. The number of carbonyl (C=O) groups is 2. The standard InChI is InChI=1S/C27H30N6O2/c1-5-22(19-9-7-6-8-10-19)25(30-26(34)23-15-16-28-33(23)4)27(35)29-21-13-11-20(12-14-21)24-17(2)31-32-18(24)3/h6-16,22,25H,5H2,1-4H3,(H,29,35)(H,30,34)(H,31,32)/t22-,25?/m0/s1. The molecule has 3 N–H and O–H groups in total. The van der Waals surface area contributed by atoms with Gasteiger partial charge < -0.3 is 10.6 Å². The summed E-state index contributed by atoms with van der Waals surface area (Å²) in [5, 5.41) is 17.3. The molecule has 4 rings (SSSR count). The largest absolute Gasteiger partial charge is 0.338 e. The summed E-state index contributed by atoms with van der Waals surface area (Å²) in [6, 6.07) is 18.3. The van der Waals surface area contributed by atoms with Crippen LogP contribution in [0.1, 0.15) is 46.7 Å². The van der Waals surface area contributed by atoms with Gasteiger partial charge in [0.25, 0.3) is 5.91 Å². The first-order valence-corrected chi connectivity index (χ1v) is 11.7. The number of hydrogen-bond donors (Lipinski definition) is 3. The lowest BCUT2D eigenvalue weighted by Gasteiger charge is -2.27. The summed E-state index contributed by atoms with van der Waals surface area (Å²) in [5.41, 5.74) is 6.02. The number of rotatable bonds is 8. The van der Waals surface area contributed by atoms with Crippen LogP contribution in [0.3, 0.4) is 0 Å². The highest BCUT2D eigenvalue weighted by Crippen LogP contribution is 2.28. The molecular weight excluding hydrogens is 440 g/mol. The Bertz CT molecular complexity index is 1290. The van der Waals surface area contributed by atoms with Gasteiger partial charge in [0.2, 0.25) is 5.91 Å². The van der Waals surface area contributed by atoms with E-state index in [0.29, 0.717) is 17.8 Å². The van der Waals surface area contributed by atoms with Gasteiger partial charge in [-0.15, -0.1) is 0 Å². The molecule has 180 valence electrons. The van der Waals surface area contributed by atoms with E-state index in [4.69, 9.17) is 0 Å². The van der Waals surface area contributed by atoms with Crippen LogP contribution in [-0.2, 0) is 11.8 Å². The number of hydrogen-bond acceptors (Lipinski definition) is 4. The van der Waals surface area contributed by atoms with Crippen molar-refractivity contribution in [3.8, 4) is 11.1 Å². The van der Waals surface area contributed by atoms with Gasteiger partial charge in [-0.3, -0.25) is 19.4 Å². The van der Waals surface area contributed by atoms with Crippen molar-refractivity contribution in [3.05, 3.63) is 89.5 Å². The Morgan fingerprint density at radius 3 is 2.31 bits per heavy atom. The number of aryl methyl sites for hydroxylation is 3. The van der Waals surface area contributed by atoms with E-state index in [2.05, 4.69) is 25.9 Å². The fraction of sp³-hybridized carbons (Fsp3) is 0.259. The Labute approximate surface area is 204 Å². The topological polar surface area (TPSA) is 105 Å². The van der Waals surface area contributed by atoms with Crippen LogP contribution in [0.15, 0.2) is 66.9 Å². The molecule has 2 amide bonds. The summed E-state index contributed by atoms with van der Waals surface area (Å²) in [6.07, 6.45) is 2.23. The molecule has 2 aromatic heterocycles. The number of carbonyl (C=O) groups excluding carboxylic acids is 2. The van der Waals surface area contributed by atoms with E-state index in [-0.39, 0.29) is 17.7 Å². The second-order valence-corrected chi connectivity index (χ2v) is 8.59. The Hall–Kier alpha value is -4.20. The van der Waals surface area contributed by atoms with Gasteiger partial charge in [-0.2, -0.15) is 10.2 Å². The van der Waals surface area contributed by atoms with Crippen LogP contribution < -0.4 is 10.6 Å². The van der Waals surface area contributed by atoms with Gasteiger partial charge in [-0.25, -0.2) is 0 Å². The molecule has 2 heterocycles. The van der Waals surface area contributed by atoms with E-state index in [1.165, 1.54) is 4.68 Å². The van der Waals surface area contributed by atoms with E-state index in [1.54, 1.807) is 19.3 Å². The summed E-state index contributed by atoms with van der Waals surface area (Å²) in [4.78, 5) is 26.6. The van der Waals surface area contributed by atoms with E-state index in [9.17, 15) is 9.59 Å². The lowest BCUT2D eigenvalue weighted by Crippen LogP contribution is -2.48. The third-order valence-corrected chi connectivity index (χ3v) is 6.26. The fourth-order valence-electron chi connectivity index (χ4n) is 4.44. The van der Waals surface area contributed by atoms with Crippen LogP contribution >= 0.6 is 0 Å². The number of amides is 2. The zero-order valence-electron chi connectivity index (χ0n) is 20.4. The van der Waals surface area contributed by atoms with Crippen molar-refractivity contribution in [2.24, 2.45) is 7.05 Å². The molecule has 0 spiro atoms. The molecule has 2 atom stereocenters. The number of anilines is 1. The monoisotopic (exact) mass is 470 g/mol. The average Bonchev–Trinajstić information content (AvgIpc) is 3.44. The van der Waals surface area contributed by atoms with Crippen molar-refractivity contribution < 1.29 is 9.59 Å². The molecule has 0 radical (unpaired) electrons. The maximum atomic E-state index is 13.5. The molecule has 0 saturated carbocycles. The Balaban J connectivity index is 1.59. The summed E-state index contributed by atoms with van der Waals surface area (Å²) in [6.45, 7) is 5.95. The van der Waals surface area contributed by atoms with Crippen molar-refractivity contribution in [1.29, 1.82) is 0 Å². The van der Waals surface area contributed by atoms with E-state index in [1.807, 2.05) is 75.4 Å². The molecule has 0 bridgehead atoms. The van der Waals surface area contributed by atoms with E-state index in [0.717, 1.165) is 28.1 Å². The molecule has 1 unspecified atom stereocenters. The van der Waals surface area contributed by atoms with Gasteiger partial charge in [0, 0.05) is 36.1 Å². The second kappa shape index (κ2) is 10.4. The van der Waals surface area contributed by atoms with Crippen molar-refractivity contribution in [2.75, 3.05) is 5.32 Å². The fourth-order valence-corrected chi connectivity index (χ4v) is 4.44. The number of H-pyrrole nitrogens is 1. The Kier molecular flexibility index (Phi) is 7.10. The zero-order valence-corrected chi connectivity index (χ0v) is 20.4. The van der Waals surface area contributed by atoms with Crippen LogP contribution in [0, 0.1) is 13.8 Å². The molecule has 35 heavy (non-hydrogen) atoms. The minimum Gasteiger partial charge on any atom is -0.338 e. The van der Waals surface area contributed by atoms with Crippen LogP contribution in [0.5, 0.6) is 0 Å². The third kappa shape index (κ3) is 5.16. The average molecular weight is 471 g/mol. The summed E-state index contributed by atoms with van der Waals surface area (Å²) in [5.74, 6) is -0.829. The second-order valence-electron chi connectivity index (χ2n) is 8.59. The quantitative estimate of drug-likeness (QED) is 0.356. The third-order valence-electron chi connectivity index (χ3n) is 6.26. The summed E-state index contributed by atoms with van der Waals surface area (Å²) < 4.78 is 1.49. The van der Waals surface area contributed by atoms with Crippen molar-refractivity contribution in [2.45, 2.75) is 39.2 Å². The minimum atomic E-state index is -0.775. The van der Waals surface area contributed by atoms with Crippen molar-refractivity contribution in [1.82, 2.24) is 25.3 Å². The highest BCUT2D eigenvalue weighted by atomic mass is 16.2. The normalized spacial score (nSPS) is 12.7. The van der Waals surface area contributed by atoms with Gasteiger partial charge in [0.15, 0.2) is 0 Å². The summed E-state index contributed by atoms with van der Waals surface area (Å²) >= 11 is 0.